The fraction of sp³-hybridized carbons (Fsp3) is 0.478. The maximum absolute atomic E-state index is 13.5. The fourth-order valence-electron chi connectivity index (χ4n) is 4.29. The molecule has 1 saturated heterocycles. The second-order valence-corrected chi connectivity index (χ2v) is 10.4. The standard InChI is InChI=1S/C23H28ClN3O6/c1-22(2,3)33-21(32)27(18(28)14(25)12-9-7-6-8-10-12)16-17-23(4,5)11-13(24)15(20(30)31)26(17)19(16)29/h6-10,14,16-17H,11,25H2,1-5H3,(H,30,31)/t14-,16?,17?/m0/s1. The first-order valence-corrected chi connectivity index (χ1v) is 10.9. The van der Waals surface area contributed by atoms with Crippen LogP contribution in [0.2, 0.25) is 0 Å². The molecule has 3 N–H and O–H groups in total. The van der Waals surface area contributed by atoms with Crippen molar-refractivity contribution in [2.75, 3.05) is 0 Å². The topological polar surface area (TPSA) is 130 Å². The number of fused-ring (bicyclic) bond motifs is 1. The van der Waals surface area contributed by atoms with Gasteiger partial charge in [0.25, 0.3) is 11.8 Å². The Labute approximate surface area is 197 Å². The minimum Gasteiger partial charge on any atom is -0.477 e. The predicted molar refractivity (Wildman–Crippen MR) is 120 cm³/mol. The van der Waals surface area contributed by atoms with E-state index in [1.165, 1.54) is 0 Å². The van der Waals surface area contributed by atoms with Gasteiger partial charge in [0.1, 0.15) is 23.4 Å². The lowest BCUT2D eigenvalue weighted by Crippen LogP contribution is -2.77. The molecule has 0 aromatic heterocycles. The molecule has 1 fully saturated rings. The molecule has 3 rings (SSSR count). The third-order valence-electron chi connectivity index (χ3n) is 5.71. The third-order valence-corrected chi connectivity index (χ3v) is 6.02. The number of rotatable bonds is 4. The molecule has 3 amide bonds. The maximum Gasteiger partial charge on any atom is 0.417 e. The number of ether oxygens (including phenoxy) is 1. The van der Waals surface area contributed by atoms with E-state index < -0.39 is 53.0 Å². The summed E-state index contributed by atoms with van der Waals surface area (Å²) in [5, 5.41) is 9.66. The van der Waals surface area contributed by atoms with E-state index in [-0.39, 0.29) is 17.2 Å². The van der Waals surface area contributed by atoms with Gasteiger partial charge in [-0.25, -0.2) is 14.5 Å². The van der Waals surface area contributed by atoms with Crippen LogP contribution < -0.4 is 5.73 Å². The van der Waals surface area contributed by atoms with Crippen molar-refractivity contribution in [3.63, 3.8) is 0 Å². The summed E-state index contributed by atoms with van der Waals surface area (Å²) in [6.45, 7) is 8.49. The van der Waals surface area contributed by atoms with E-state index in [4.69, 9.17) is 22.1 Å². The molecule has 0 bridgehead atoms. The summed E-state index contributed by atoms with van der Waals surface area (Å²) in [5.41, 5.74) is 4.62. The van der Waals surface area contributed by atoms with E-state index in [9.17, 15) is 24.3 Å². The number of hydrogen-bond acceptors (Lipinski definition) is 6. The van der Waals surface area contributed by atoms with Gasteiger partial charge in [-0.1, -0.05) is 55.8 Å². The molecule has 0 saturated carbocycles. The average Bonchev–Trinajstić information content (AvgIpc) is 2.69. The summed E-state index contributed by atoms with van der Waals surface area (Å²) < 4.78 is 5.44. The molecule has 33 heavy (non-hydrogen) atoms. The maximum atomic E-state index is 13.5. The number of imide groups is 1. The minimum absolute atomic E-state index is 0.0340. The van der Waals surface area contributed by atoms with E-state index in [0.717, 1.165) is 9.80 Å². The van der Waals surface area contributed by atoms with E-state index >= 15 is 0 Å². The van der Waals surface area contributed by atoms with Gasteiger partial charge >= 0.3 is 12.1 Å². The van der Waals surface area contributed by atoms with Crippen molar-refractivity contribution in [3.8, 4) is 0 Å². The van der Waals surface area contributed by atoms with E-state index in [0.29, 0.717) is 5.56 Å². The minimum atomic E-state index is -1.36. The van der Waals surface area contributed by atoms with E-state index in [2.05, 4.69) is 0 Å². The molecule has 2 aliphatic rings. The zero-order valence-electron chi connectivity index (χ0n) is 19.2. The molecule has 2 heterocycles. The van der Waals surface area contributed by atoms with Crippen LogP contribution >= 0.6 is 11.6 Å². The highest BCUT2D eigenvalue weighted by molar-refractivity contribution is 6.32. The number of carboxylic acids is 1. The summed E-state index contributed by atoms with van der Waals surface area (Å²) in [7, 11) is 0. The van der Waals surface area contributed by atoms with Crippen molar-refractivity contribution >= 4 is 35.5 Å². The van der Waals surface area contributed by atoms with Crippen molar-refractivity contribution in [1.82, 2.24) is 9.80 Å². The van der Waals surface area contributed by atoms with Crippen molar-refractivity contribution in [3.05, 3.63) is 46.6 Å². The number of carbonyl (C=O) groups excluding carboxylic acids is 3. The van der Waals surface area contributed by atoms with Crippen LogP contribution in [0.5, 0.6) is 0 Å². The molecule has 3 atom stereocenters. The first kappa shape index (κ1) is 24.7. The van der Waals surface area contributed by atoms with Gasteiger partial charge in [0, 0.05) is 5.03 Å². The van der Waals surface area contributed by atoms with E-state index in [1.54, 1.807) is 65.0 Å². The first-order valence-electron chi connectivity index (χ1n) is 10.5. The number of nitrogens with zero attached hydrogens (tertiary/aromatic N) is 2. The smallest absolute Gasteiger partial charge is 0.417 e. The highest BCUT2D eigenvalue weighted by Crippen LogP contribution is 2.50. The lowest BCUT2D eigenvalue weighted by Gasteiger charge is -2.58. The molecule has 0 spiro atoms. The van der Waals surface area contributed by atoms with Crippen LogP contribution in [0.15, 0.2) is 41.1 Å². The molecule has 2 unspecified atom stereocenters. The van der Waals surface area contributed by atoms with Crippen molar-refractivity contribution in [1.29, 1.82) is 0 Å². The van der Waals surface area contributed by atoms with Crippen molar-refractivity contribution in [2.45, 2.75) is 64.8 Å². The monoisotopic (exact) mass is 477 g/mol. The summed E-state index contributed by atoms with van der Waals surface area (Å²) >= 11 is 6.20. The number of aliphatic carboxylic acids is 1. The largest absolute Gasteiger partial charge is 0.477 e. The van der Waals surface area contributed by atoms with Gasteiger partial charge in [0.05, 0.1) is 6.04 Å². The SMILES string of the molecule is CC(C)(C)OC(=O)N(C(=O)[C@@H](N)c1ccccc1)C1C(=O)N2C(C(=O)O)=C(Cl)CC(C)(C)C12. The second kappa shape index (κ2) is 8.46. The van der Waals surface area contributed by atoms with Crippen LogP contribution in [0, 0.1) is 5.41 Å². The highest BCUT2D eigenvalue weighted by Gasteiger charge is 2.64. The molecule has 1 aromatic rings. The van der Waals surface area contributed by atoms with Gasteiger partial charge in [-0.2, -0.15) is 0 Å². The van der Waals surface area contributed by atoms with Crippen LogP contribution in [-0.4, -0.2) is 56.5 Å². The van der Waals surface area contributed by atoms with Gasteiger partial charge in [0.2, 0.25) is 0 Å². The lowest BCUT2D eigenvalue weighted by atomic mass is 9.68. The van der Waals surface area contributed by atoms with Crippen LogP contribution in [0.25, 0.3) is 0 Å². The Hall–Kier alpha value is -2.91. The third kappa shape index (κ3) is 4.47. The summed E-state index contributed by atoms with van der Waals surface area (Å²) in [5.74, 6) is -2.91. The fourth-order valence-corrected chi connectivity index (χ4v) is 4.81. The van der Waals surface area contributed by atoms with Crippen LogP contribution in [0.4, 0.5) is 4.79 Å². The highest BCUT2D eigenvalue weighted by atomic mass is 35.5. The zero-order valence-corrected chi connectivity index (χ0v) is 19.9. The van der Waals surface area contributed by atoms with Gasteiger partial charge in [-0.05, 0) is 38.2 Å². The molecule has 9 nitrogen and oxygen atoms in total. The Morgan fingerprint density at radius 1 is 1.24 bits per heavy atom. The van der Waals surface area contributed by atoms with Crippen molar-refractivity contribution < 1.29 is 29.0 Å². The normalized spacial score (nSPS) is 22.8. The van der Waals surface area contributed by atoms with Crippen LogP contribution in [-0.2, 0) is 19.1 Å². The van der Waals surface area contributed by atoms with E-state index in [1.807, 2.05) is 0 Å². The Bertz CT molecular complexity index is 1030. The summed E-state index contributed by atoms with van der Waals surface area (Å²) in [6.07, 6.45) is -0.868. The predicted octanol–water partition coefficient (Wildman–Crippen LogP) is 2.99. The van der Waals surface area contributed by atoms with Gasteiger partial charge in [-0.15, -0.1) is 0 Å². The number of nitrogens with two attached hydrogens (primary N) is 1. The Morgan fingerprint density at radius 2 is 1.82 bits per heavy atom. The molecule has 0 radical (unpaired) electrons. The number of halogens is 1. The average molecular weight is 478 g/mol. The van der Waals surface area contributed by atoms with Gasteiger partial charge in [-0.3, -0.25) is 14.5 Å². The molecule has 2 aliphatic heterocycles. The summed E-state index contributed by atoms with van der Waals surface area (Å²) in [4.78, 5) is 53.5. The first-order chi connectivity index (χ1) is 15.2. The number of allylic oxidation sites excluding steroid dienone is 1. The number of carboxylic acid groups (broad SMARTS) is 1. The molecular weight excluding hydrogens is 450 g/mol. The summed E-state index contributed by atoms with van der Waals surface area (Å²) in [6, 6.07) is 5.12. The second-order valence-electron chi connectivity index (χ2n) is 9.90. The molecule has 178 valence electrons. The Kier molecular flexibility index (Phi) is 6.34. The number of carbonyl (C=O) groups is 4. The van der Waals surface area contributed by atoms with Crippen LogP contribution in [0.1, 0.15) is 52.6 Å². The van der Waals surface area contributed by atoms with Gasteiger partial charge < -0.3 is 15.6 Å². The Balaban J connectivity index is 2.06. The van der Waals surface area contributed by atoms with Crippen molar-refractivity contribution in [2.24, 2.45) is 11.1 Å². The molecule has 10 heteroatoms. The quantitative estimate of drug-likeness (QED) is 0.637. The van der Waals surface area contributed by atoms with Crippen LogP contribution in [0.3, 0.4) is 0 Å². The number of hydrogen-bond donors (Lipinski definition) is 2. The molecular formula is C23H28ClN3O6. The zero-order chi connectivity index (χ0) is 24.9. The number of amides is 3. The van der Waals surface area contributed by atoms with Gasteiger partial charge in [0.15, 0.2) is 0 Å². The molecule has 1 aromatic carbocycles. The lowest BCUT2D eigenvalue weighted by molar-refractivity contribution is -0.172. The Morgan fingerprint density at radius 3 is 2.33 bits per heavy atom. The number of benzene rings is 1. The number of β-lactam (4-membered cyclic amide) rings is 1. The molecule has 0 aliphatic carbocycles.